The van der Waals surface area contributed by atoms with Crippen LogP contribution in [0.3, 0.4) is 0 Å². The highest BCUT2D eigenvalue weighted by atomic mass is 16.3. The Morgan fingerprint density at radius 2 is 2.24 bits per heavy atom. The maximum Gasteiger partial charge on any atom is 0.232 e. The second-order valence-electron chi connectivity index (χ2n) is 4.17. The first-order valence-electron chi connectivity index (χ1n) is 5.78. The molecule has 0 saturated carbocycles. The molecule has 2 N–H and O–H groups in total. The minimum absolute atomic E-state index is 0.0287. The van der Waals surface area contributed by atoms with Crippen LogP contribution in [0.1, 0.15) is 26.2 Å². The van der Waals surface area contributed by atoms with Crippen molar-refractivity contribution in [3.63, 3.8) is 0 Å². The normalized spacial score (nSPS) is 19.9. The van der Waals surface area contributed by atoms with Gasteiger partial charge >= 0.3 is 0 Å². The number of imide groups is 1. The maximum atomic E-state index is 11.5. The zero-order chi connectivity index (χ0) is 12.8. The van der Waals surface area contributed by atoms with Crippen molar-refractivity contribution >= 4 is 17.7 Å². The van der Waals surface area contributed by atoms with E-state index in [0.717, 1.165) is 4.90 Å². The smallest absolute Gasteiger partial charge is 0.232 e. The van der Waals surface area contributed by atoms with E-state index in [1.165, 1.54) is 0 Å². The summed E-state index contributed by atoms with van der Waals surface area (Å²) in [4.78, 5) is 35.4. The van der Waals surface area contributed by atoms with Crippen LogP contribution in [0.4, 0.5) is 0 Å². The van der Waals surface area contributed by atoms with Crippen LogP contribution >= 0.6 is 0 Å². The number of hydrogen-bond donors (Lipinski definition) is 2. The van der Waals surface area contributed by atoms with Crippen LogP contribution in [0.5, 0.6) is 0 Å². The van der Waals surface area contributed by atoms with Gasteiger partial charge in [0.15, 0.2) is 0 Å². The largest absolute Gasteiger partial charge is 0.396 e. The molecule has 1 heterocycles. The summed E-state index contributed by atoms with van der Waals surface area (Å²) in [7, 11) is 0. The lowest BCUT2D eigenvalue weighted by molar-refractivity contribution is -0.139. The molecular formula is C11H18N2O4. The molecule has 0 radical (unpaired) electrons. The van der Waals surface area contributed by atoms with Crippen molar-refractivity contribution in [2.45, 2.75) is 26.2 Å². The van der Waals surface area contributed by atoms with E-state index < -0.39 is 0 Å². The highest BCUT2D eigenvalue weighted by Crippen LogP contribution is 2.18. The van der Waals surface area contributed by atoms with Crippen molar-refractivity contribution in [1.29, 1.82) is 0 Å². The Kier molecular flexibility index (Phi) is 5.09. The number of carbonyl (C=O) groups is 3. The molecule has 17 heavy (non-hydrogen) atoms. The van der Waals surface area contributed by atoms with Crippen molar-refractivity contribution in [2.75, 3.05) is 19.7 Å². The molecule has 1 saturated heterocycles. The van der Waals surface area contributed by atoms with Gasteiger partial charge in [0.2, 0.25) is 17.7 Å². The number of amides is 3. The van der Waals surface area contributed by atoms with E-state index in [1.807, 2.05) is 0 Å². The number of rotatable bonds is 6. The second-order valence-corrected chi connectivity index (χ2v) is 4.17. The van der Waals surface area contributed by atoms with E-state index in [2.05, 4.69) is 5.32 Å². The summed E-state index contributed by atoms with van der Waals surface area (Å²) in [6.45, 7) is 2.29. The fraction of sp³-hybridized carbons (Fsp3) is 0.727. The van der Waals surface area contributed by atoms with Gasteiger partial charge in [0.05, 0.1) is 0 Å². The molecule has 1 fully saturated rings. The fourth-order valence-corrected chi connectivity index (χ4v) is 1.69. The Morgan fingerprint density at radius 3 is 2.76 bits per heavy atom. The Morgan fingerprint density at radius 1 is 1.53 bits per heavy atom. The third-order valence-electron chi connectivity index (χ3n) is 2.69. The van der Waals surface area contributed by atoms with Crippen molar-refractivity contribution in [3.8, 4) is 0 Å². The maximum absolute atomic E-state index is 11.5. The van der Waals surface area contributed by atoms with Crippen LogP contribution in [0.2, 0.25) is 0 Å². The van der Waals surface area contributed by atoms with Crippen LogP contribution in [0.15, 0.2) is 0 Å². The molecule has 6 heteroatoms. The summed E-state index contributed by atoms with van der Waals surface area (Å²) >= 11 is 0. The molecule has 0 spiro atoms. The van der Waals surface area contributed by atoms with Crippen LogP contribution in [-0.2, 0) is 14.4 Å². The van der Waals surface area contributed by atoms with Crippen molar-refractivity contribution < 1.29 is 19.5 Å². The first kappa shape index (κ1) is 13.6. The lowest BCUT2D eigenvalue weighted by Crippen LogP contribution is -2.35. The number of hydrogen-bond acceptors (Lipinski definition) is 4. The summed E-state index contributed by atoms with van der Waals surface area (Å²) in [5.74, 6) is -0.873. The van der Waals surface area contributed by atoms with Gasteiger partial charge in [0.25, 0.3) is 0 Å². The number of carbonyl (C=O) groups excluding carboxylic acids is 3. The highest BCUT2D eigenvalue weighted by molar-refractivity contribution is 6.03. The summed E-state index contributed by atoms with van der Waals surface area (Å²) < 4.78 is 0. The van der Waals surface area contributed by atoms with Crippen LogP contribution < -0.4 is 5.32 Å². The van der Waals surface area contributed by atoms with Crippen molar-refractivity contribution in [1.82, 2.24) is 10.2 Å². The summed E-state index contributed by atoms with van der Waals surface area (Å²) in [5.41, 5.74) is 0. The van der Waals surface area contributed by atoms with E-state index in [9.17, 15) is 14.4 Å². The number of nitrogens with one attached hydrogen (secondary N) is 1. The van der Waals surface area contributed by atoms with Gasteiger partial charge in [-0.05, 0) is 6.42 Å². The second kappa shape index (κ2) is 6.34. The van der Waals surface area contributed by atoms with Gasteiger partial charge < -0.3 is 10.4 Å². The number of nitrogens with zero attached hydrogens (tertiary/aromatic N) is 1. The molecule has 0 aliphatic carbocycles. The fourth-order valence-electron chi connectivity index (χ4n) is 1.69. The zero-order valence-corrected chi connectivity index (χ0v) is 9.94. The van der Waals surface area contributed by atoms with Crippen LogP contribution in [-0.4, -0.2) is 47.4 Å². The molecule has 0 bridgehead atoms. The highest BCUT2D eigenvalue weighted by Gasteiger charge is 2.35. The van der Waals surface area contributed by atoms with Crippen molar-refractivity contribution in [3.05, 3.63) is 0 Å². The molecule has 3 amide bonds. The van der Waals surface area contributed by atoms with E-state index >= 15 is 0 Å². The topological polar surface area (TPSA) is 86.7 Å². The molecule has 1 atom stereocenters. The van der Waals surface area contributed by atoms with E-state index in [0.29, 0.717) is 13.0 Å². The van der Waals surface area contributed by atoms with E-state index in [-0.39, 0.29) is 49.6 Å². The number of likely N-dealkylation sites (tertiary alicyclic amines) is 1. The predicted octanol–water partition coefficient (Wildman–Crippen LogP) is -0.730. The minimum Gasteiger partial charge on any atom is -0.396 e. The molecule has 0 aromatic heterocycles. The Hall–Kier alpha value is -1.43. The molecule has 1 aliphatic rings. The summed E-state index contributed by atoms with van der Waals surface area (Å²) in [5, 5.41) is 11.1. The van der Waals surface area contributed by atoms with Gasteiger partial charge in [0.1, 0.15) is 0 Å². The predicted molar refractivity (Wildman–Crippen MR) is 59.8 cm³/mol. The lowest BCUT2D eigenvalue weighted by Gasteiger charge is -2.13. The summed E-state index contributed by atoms with van der Waals surface area (Å²) in [6.07, 6.45) is 0.866. The van der Waals surface area contributed by atoms with Gasteiger partial charge in [-0.3, -0.25) is 19.3 Å². The number of aliphatic hydroxyl groups excluding tert-OH is 1. The molecule has 1 aliphatic heterocycles. The zero-order valence-electron chi connectivity index (χ0n) is 9.94. The molecule has 0 aromatic carbocycles. The Balaban J connectivity index is 2.28. The van der Waals surface area contributed by atoms with E-state index in [1.54, 1.807) is 6.92 Å². The third-order valence-corrected chi connectivity index (χ3v) is 2.69. The van der Waals surface area contributed by atoms with Crippen LogP contribution in [0, 0.1) is 5.92 Å². The first-order valence-corrected chi connectivity index (χ1v) is 5.78. The molecule has 6 nitrogen and oxygen atoms in total. The third kappa shape index (κ3) is 3.81. The van der Waals surface area contributed by atoms with Gasteiger partial charge in [-0.25, -0.2) is 0 Å². The van der Waals surface area contributed by atoms with Crippen molar-refractivity contribution in [2.24, 2.45) is 5.92 Å². The van der Waals surface area contributed by atoms with Gasteiger partial charge in [-0.15, -0.1) is 0 Å². The SMILES string of the molecule is CC1CC(=O)N(CCC(=O)NCCCO)C1=O. The average molecular weight is 242 g/mol. The Bertz CT molecular complexity index is 317. The molecular weight excluding hydrogens is 224 g/mol. The average Bonchev–Trinajstić information content (AvgIpc) is 2.51. The molecule has 1 unspecified atom stereocenters. The quantitative estimate of drug-likeness (QED) is 0.475. The van der Waals surface area contributed by atoms with Gasteiger partial charge in [-0.2, -0.15) is 0 Å². The van der Waals surface area contributed by atoms with Crippen LogP contribution in [0.25, 0.3) is 0 Å². The minimum atomic E-state index is -0.264. The Labute approximate surface area is 100.0 Å². The van der Waals surface area contributed by atoms with Gasteiger partial charge in [-0.1, -0.05) is 6.92 Å². The monoisotopic (exact) mass is 242 g/mol. The van der Waals surface area contributed by atoms with Gasteiger partial charge in [0, 0.05) is 38.5 Å². The van der Waals surface area contributed by atoms with E-state index in [4.69, 9.17) is 5.11 Å². The standard InChI is InChI=1S/C11H18N2O4/c1-8-7-10(16)13(11(8)17)5-3-9(15)12-4-2-6-14/h8,14H,2-7H2,1H3,(H,12,15). The molecule has 0 aromatic rings. The lowest BCUT2D eigenvalue weighted by atomic mass is 10.1. The summed E-state index contributed by atoms with van der Waals surface area (Å²) in [6, 6.07) is 0. The molecule has 96 valence electrons. The first-order chi connectivity index (χ1) is 8.06. The molecule has 1 rings (SSSR count). The number of aliphatic hydroxyl groups is 1.